The van der Waals surface area contributed by atoms with Crippen molar-refractivity contribution in [2.75, 3.05) is 5.73 Å². The molecule has 0 aromatic heterocycles. The third-order valence-electron chi connectivity index (χ3n) is 2.70. The molecule has 20 heavy (non-hydrogen) atoms. The first kappa shape index (κ1) is 14.5. The number of hydrogen-bond donors (Lipinski definition) is 2. The minimum Gasteiger partial charge on any atom is -0.398 e. The molecule has 3 N–H and O–H groups in total. The number of anilines is 1. The highest BCUT2D eigenvalue weighted by Crippen LogP contribution is 2.17. The van der Waals surface area contributed by atoms with Crippen molar-refractivity contribution in [2.24, 2.45) is 0 Å². The molecule has 0 aliphatic heterocycles. The number of amides is 1. The van der Waals surface area contributed by atoms with Gasteiger partial charge in [0.05, 0.1) is 5.56 Å². The topological polar surface area (TPSA) is 55.1 Å². The van der Waals surface area contributed by atoms with Gasteiger partial charge in [0.15, 0.2) is 11.6 Å². The molecule has 0 aliphatic rings. The Balaban J connectivity index is 2.09. The molecule has 6 heteroatoms. The molecule has 0 bridgehead atoms. The summed E-state index contributed by atoms with van der Waals surface area (Å²) < 4.78 is 27.0. The van der Waals surface area contributed by atoms with Gasteiger partial charge in [-0.2, -0.15) is 0 Å². The first-order valence-electron chi connectivity index (χ1n) is 5.74. The van der Waals surface area contributed by atoms with E-state index in [4.69, 9.17) is 5.73 Å². The van der Waals surface area contributed by atoms with E-state index >= 15 is 0 Å². The predicted molar refractivity (Wildman–Crippen MR) is 76.1 cm³/mol. The maximum absolute atomic E-state index is 13.1. The Labute approximate surface area is 122 Å². The van der Waals surface area contributed by atoms with Crippen molar-refractivity contribution in [1.82, 2.24) is 5.32 Å². The zero-order valence-electron chi connectivity index (χ0n) is 10.3. The monoisotopic (exact) mass is 340 g/mol. The van der Waals surface area contributed by atoms with Crippen LogP contribution in [0.5, 0.6) is 0 Å². The standard InChI is InChI=1S/C14H11BrF2N2O/c15-9-3-1-8(2-4-9)7-19-14(20)10-5-11(16)12(17)6-13(10)18/h1-6H,7,18H2,(H,19,20). The minimum atomic E-state index is -1.10. The Morgan fingerprint density at radius 3 is 2.40 bits per heavy atom. The molecular formula is C14H11BrF2N2O. The molecule has 0 fully saturated rings. The van der Waals surface area contributed by atoms with E-state index in [2.05, 4.69) is 21.2 Å². The van der Waals surface area contributed by atoms with Gasteiger partial charge in [-0.3, -0.25) is 4.79 Å². The average Bonchev–Trinajstić information content (AvgIpc) is 2.42. The second-order valence-corrected chi connectivity index (χ2v) is 5.08. The Morgan fingerprint density at radius 2 is 1.75 bits per heavy atom. The van der Waals surface area contributed by atoms with Gasteiger partial charge in [-0.1, -0.05) is 28.1 Å². The summed E-state index contributed by atoms with van der Waals surface area (Å²) in [5, 5.41) is 2.60. The lowest BCUT2D eigenvalue weighted by Gasteiger charge is -2.08. The molecule has 0 spiro atoms. The van der Waals surface area contributed by atoms with Crippen molar-refractivity contribution in [1.29, 1.82) is 0 Å². The summed E-state index contributed by atoms with van der Waals surface area (Å²) in [7, 11) is 0. The molecule has 3 nitrogen and oxygen atoms in total. The van der Waals surface area contributed by atoms with Gasteiger partial charge in [0.25, 0.3) is 5.91 Å². The first-order valence-corrected chi connectivity index (χ1v) is 6.54. The van der Waals surface area contributed by atoms with Gasteiger partial charge in [-0.15, -0.1) is 0 Å². The summed E-state index contributed by atoms with van der Waals surface area (Å²) in [5.41, 5.74) is 6.20. The van der Waals surface area contributed by atoms with Crippen LogP contribution in [0.1, 0.15) is 15.9 Å². The lowest BCUT2D eigenvalue weighted by Crippen LogP contribution is -2.24. The van der Waals surface area contributed by atoms with Gasteiger partial charge < -0.3 is 11.1 Å². The first-order chi connectivity index (χ1) is 9.47. The molecule has 0 saturated heterocycles. The van der Waals surface area contributed by atoms with Crippen LogP contribution in [0.3, 0.4) is 0 Å². The molecule has 2 aromatic carbocycles. The van der Waals surface area contributed by atoms with Crippen LogP contribution in [0.15, 0.2) is 40.9 Å². The third-order valence-corrected chi connectivity index (χ3v) is 3.23. The van der Waals surface area contributed by atoms with E-state index in [0.29, 0.717) is 0 Å². The van der Waals surface area contributed by atoms with Gasteiger partial charge in [0, 0.05) is 22.8 Å². The Morgan fingerprint density at radius 1 is 1.15 bits per heavy atom. The number of nitrogens with one attached hydrogen (secondary N) is 1. The fourth-order valence-corrected chi connectivity index (χ4v) is 1.90. The van der Waals surface area contributed by atoms with Crippen molar-refractivity contribution < 1.29 is 13.6 Å². The Hall–Kier alpha value is -1.95. The summed E-state index contributed by atoms with van der Waals surface area (Å²) in [6.07, 6.45) is 0. The molecule has 0 saturated carbocycles. The molecule has 0 heterocycles. The van der Waals surface area contributed by atoms with E-state index < -0.39 is 17.5 Å². The maximum Gasteiger partial charge on any atom is 0.253 e. The van der Waals surface area contributed by atoms with Crippen molar-refractivity contribution in [3.63, 3.8) is 0 Å². The number of hydrogen-bond acceptors (Lipinski definition) is 2. The maximum atomic E-state index is 13.1. The molecular weight excluding hydrogens is 330 g/mol. The number of rotatable bonds is 3. The predicted octanol–water partition coefficient (Wildman–Crippen LogP) is 3.24. The number of benzene rings is 2. The van der Waals surface area contributed by atoms with Gasteiger partial charge >= 0.3 is 0 Å². The smallest absolute Gasteiger partial charge is 0.253 e. The second-order valence-electron chi connectivity index (χ2n) is 4.16. The largest absolute Gasteiger partial charge is 0.398 e. The number of halogens is 3. The van der Waals surface area contributed by atoms with Crippen LogP contribution >= 0.6 is 15.9 Å². The van der Waals surface area contributed by atoms with Crippen LogP contribution < -0.4 is 11.1 Å². The van der Waals surface area contributed by atoms with Crippen LogP contribution in [0.2, 0.25) is 0 Å². The quantitative estimate of drug-likeness (QED) is 0.842. The van der Waals surface area contributed by atoms with E-state index in [1.54, 1.807) is 0 Å². The normalized spacial score (nSPS) is 10.3. The fraction of sp³-hybridized carbons (Fsp3) is 0.0714. The highest BCUT2D eigenvalue weighted by molar-refractivity contribution is 9.10. The minimum absolute atomic E-state index is 0.0824. The van der Waals surface area contributed by atoms with Crippen molar-refractivity contribution in [2.45, 2.75) is 6.54 Å². The zero-order chi connectivity index (χ0) is 14.7. The second kappa shape index (κ2) is 6.00. The van der Waals surface area contributed by atoms with Gasteiger partial charge in [0.2, 0.25) is 0 Å². The van der Waals surface area contributed by atoms with E-state index in [1.807, 2.05) is 24.3 Å². The molecule has 1 amide bonds. The van der Waals surface area contributed by atoms with Crippen molar-refractivity contribution in [3.05, 3.63) is 63.6 Å². The third kappa shape index (κ3) is 3.33. The number of carbonyl (C=O) groups excluding carboxylic acids is 1. The van der Waals surface area contributed by atoms with Crippen molar-refractivity contribution in [3.8, 4) is 0 Å². The summed E-state index contributed by atoms with van der Waals surface area (Å²) in [6, 6.07) is 8.93. The van der Waals surface area contributed by atoms with Crippen molar-refractivity contribution >= 4 is 27.5 Å². The lowest BCUT2D eigenvalue weighted by atomic mass is 10.1. The summed E-state index contributed by atoms with van der Waals surface area (Å²) in [6.45, 7) is 0.268. The highest BCUT2D eigenvalue weighted by atomic mass is 79.9. The van der Waals surface area contributed by atoms with Gasteiger partial charge in [-0.05, 0) is 23.8 Å². The van der Waals surface area contributed by atoms with Crippen LogP contribution in [0.25, 0.3) is 0 Å². The van der Waals surface area contributed by atoms with Crippen LogP contribution in [-0.4, -0.2) is 5.91 Å². The molecule has 0 atom stereocenters. The molecule has 0 aliphatic carbocycles. The number of carbonyl (C=O) groups is 1. The molecule has 2 aromatic rings. The van der Waals surface area contributed by atoms with Crippen LogP contribution in [-0.2, 0) is 6.54 Å². The van der Waals surface area contributed by atoms with Crippen LogP contribution in [0, 0.1) is 11.6 Å². The Bertz CT molecular complexity index is 644. The molecule has 2 rings (SSSR count). The number of nitrogens with two attached hydrogens (primary N) is 1. The molecule has 104 valence electrons. The SMILES string of the molecule is Nc1cc(F)c(F)cc1C(=O)NCc1ccc(Br)cc1. The van der Waals surface area contributed by atoms with Gasteiger partial charge in [0.1, 0.15) is 0 Å². The molecule has 0 unspecified atom stereocenters. The fourth-order valence-electron chi connectivity index (χ4n) is 1.64. The van der Waals surface area contributed by atoms with E-state index in [1.165, 1.54) is 0 Å². The Kier molecular flexibility index (Phi) is 4.34. The number of nitrogen functional groups attached to an aromatic ring is 1. The lowest BCUT2D eigenvalue weighted by molar-refractivity contribution is 0.0951. The summed E-state index contributed by atoms with van der Waals surface area (Å²) in [4.78, 5) is 11.9. The van der Waals surface area contributed by atoms with Crippen LogP contribution in [0.4, 0.5) is 14.5 Å². The highest BCUT2D eigenvalue weighted by Gasteiger charge is 2.14. The van der Waals surface area contributed by atoms with E-state index in [0.717, 1.165) is 22.2 Å². The summed E-state index contributed by atoms with van der Waals surface area (Å²) >= 11 is 3.31. The summed E-state index contributed by atoms with van der Waals surface area (Å²) in [5.74, 6) is -2.73. The van der Waals surface area contributed by atoms with E-state index in [-0.39, 0.29) is 17.8 Å². The van der Waals surface area contributed by atoms with Gasteiger partial charge in [-0.25, -0.2) is 8.78 Å². The zero-order valence-corrected chi connectivity index (χ0v) is 11.9. The average molecular weight is 341 g/mol. The van der Waals surface area contributed by atoms with E-state index in [9.17, 15) is 13.6 Å². The molecule has 0 radical (unpaired) electrons.